The van der Waals surface area contributed by atoms with Crippen LogP contribution in [-0.2, 0) is 27.0 Å². The molecular weight excluding hydrogens is 500 g/mol. The van der Waals surface area contributed by atoms with Crippen molar-refractivity contribution in [1.29, 1.82) is 0 Å². The maximum atomic E-state index is 13.7. The van der Waals surface area contributed by atoms with Gasteiger partial charge < -0.3 is 9.88 Å². The number of carbonyl (C=O) groups is 1. The summed E-state index contributed by atoms with van der Waals surface area (Å²) in [6.07, 6.45) is 1.94. The smallest absolute Gasteiger partial charge is 0.303 e. The van der Waals surface area contributed by atoms with Crippen LogP contribution < -0.4 is 9.62 Å². The zero-order chi connectivity index (χ0) is 27.2. The number of rotatable bonds is 6. The second-order valence-electron chi connectivity index (χ2n) is 11.6. The second-order valence-corrected chi connectivity index (χ2v) is 13.6. The molecule has 0 atom stereocenters. The Hall–Kier alpha value is -2.27. The molecule has 1 N–H and O–H groups in total. The molecule has 1 aromatic heterocycles. The van der Waals surface area contributed by atoms with Crippen molar-refractivity contribution in [2.75, 3.05) is 24.4 Å². The Morgan fingerprint density at radius 2 is 1.78 bits per heavy atom. The van der Waals surface area contributed by atoms with Gasteiger partial charge in [-0.05, 0) is 49.8 Å². The third kappa shape index (κ3) is 6.08. The van der Waals surface area contributed by atoms with Gasteiger partial charge in [0.2, 0.25) is 11.8 Å². The van der Waals surface area contributed by atoms with Crippen LogP contribution in [0.15, 0.2) is 18.2 Å². The van der Waals surface area contributed by atoms with E-state index in [1.54, 1.807) is 19.2 Å². The highest BCUT2D eigenvalue weighted by molar-refractivity contribution is 7.90. The molecule has 1 saturated heterocycles. The average Bonchev–Trinajstić information content (AvgIpc) is 3.18. The summed E-state index contributed by atoms with van der Waals surface area (Å²) >= 11 is 0. The number of hydrogen-bond donors (Lipinski definition) is 1. The zero-order valence-electron chi connectivity index (χ0n) is 22.4. The van der Waals surface area contributed by atoms with Gasteiger partial charge >= 0.3 is 10.2 Å². The number of anilines is 1. The molecule has 4 rings (SSSR count). The highest BCUT2D eigenvalue weighted by Gasteiger charge is 2.36. The van der Waals surface area contributed by atoms with Crippen molar-refractivity contribution >= 4 is 32.8 Å². The first-order valence-corrected chi connectivity index (χ1v) is 14.5. The van der Waals surface area contributed by atoms with Gasteiger partial charge in [0, 0.05) is 57.9 Å². The molecule has 11 heteroatoms. The van der Waals surface area contributed by atoms with Crippen molar-refractivity contribution in [1.82, 2.24) is 19.2 Å². The number of nitrogens with one attached hydrogen (secondary N) is 1. The fourth-order valence-corrected chi connectivity index (χ4v) is 6.84. The molecule has 1 amide bonds. The number of piperidine rings is 1. The Balaban J connectivity index is 1.57. The molecule has 8 nitrogen and oxygen atoms in total. The standard InChI is InChI=1S/C26H39F2N5O3S/c1-18(34)29-20-10-14-32(15-11-20)37(35,36)31(5)21-6-7-23-22(16-21)30-24(25(2,3)4)33(23)17-19-8-12-26(27,28)13-9-19/h6-7,16,19-20H,8-15,17H2,1-5H3,(H,29,34). The highest BCUT2D eigenvalue weighted by Crippen LogP contribution is 2.38. The van der Waals surface area contributed by atoms with Crippen molar-refractivity contribution < 1.29 is 22.0 Å². The SMILES string of the molecule is CC(=O)NC1CCN(S(=O)(=O)N(C)c2ccc3c(c2)nc(C(C)(C)C)n3CC2CCC(F)(F)CC2)CC1. The maximum Gasteiger partial charge on any atom is 0.303 e. The third-order valence-electron chi connectivity index (χ3n) is 7.58. The van der Waals surface area contributed by atoms with E-state index in [9.17, 15) is 22.0 Å². The third-order valence-corrected chi connectivity index (χ3v) is 9.50. The van der Waals surface area contributed by atoms with E-state index in [-0.39, 0.29) is 36.1 Å². The summed E-state index contributed by atoms with van der Waals surface area (Å²) in [5.74, 6) is -1.66. The molecule has 1 saturated carbocycles. The van der Waals surface area contributed by atoms with Crippen molar-refractivity contribution in [2.24, 2.45) is 5.92 Å². The van der Waals surface area contributed by atoms with Gasteiger partial charge in [0.25, 0.3) is 0 Å². The lowest BCUT2D eigenvalue weighted by Crippen LogP contribution is -2.49. The van der Waals surface area contributed by atoms with Crippen LogP contribution in [0.4, 0.5) is 14.5 Å². The van der Waals surface area contributed by atoms with E-state index in [1.807, 2.05) is 6.07 Å². The Labute approximate surface area is 218 Å². The van der Waals surface area contributed by atoms with Crippen LogP contribution >= 0.6 is 0 Å². The number of nitrogens with zero attached hydrogens (tertiary/aromatic N) is 4. The van der Waals surface area contributed by atoms with Crippen LogP contribution in [0.25, 0.3) is 11.0 Å². The van der Waals surface area contributed by atoms with Crippen molar-refractivity contribution in [3.63, 3.8) is 0 Å². The number of imidazole rings is 1. The van der Waals surface area contributed by atoms with Crippen molar-refractivity contribution in [3.05, 3.63) is 24.0 Å². The first kappa shape index (κ1) is 27.8. The minimum absolute atomic E-state index is 0.0132. The zero-order valence-corrected chi connectivity index (χ0v) is 23.2. The summed E-state index contributed by atoms with van der Waals surface area (Å²) in [5, 5.41) is 2.87. The van der Waals surface area contributed by atoms with E-state index in [4.69, 9.17) is 4.98 Å². The summed E-state index contributed by atoms with van der Waals surface area (Å²) in [5.41, 5.74) is 1.82. The van der Waals surface area contributed by atoms with Crippen LogP contribution in [-0.4, -0.2) is 60.3 Å². The molecule has 0 radical (unpaired) electrons. The van der Waals surface area contributed by atoms with Crippen LogP contribution in [0.1, 0.15) is 72.0 Å². The number of benzene rings is 1. The number of hydrogen-bond acceptors (Lipinski definition) is 4. The minimum Gasteiger partial charge on any atom is -0.354 e. The molecule has 0 unspecified atom stereocenters. The fourth-order valence-electron chi connectivity index (χ4n) is 5.44. The predicted octanol–water partition coefficient (Wildman–Crippen LogP) is 4.44. The maximum absolute atomic E-state index is 13.7. The van der Waals surface area contributed by atoms with Crippen LogP contribution in [0.2, 0.25) is 0 Å². The fraction of sp³-hybridized carbons (Fsp3) is 0.692. The predicted molar refractivity (Wildman–Crippen MR) is 141 cm³/mol. The monoisotopic (exact) mass is 539 g/mol. The first-order chi connectivity index (χ1) is 17.2. The van der Waals surface area contributed by atoms with Gasteiger partial charge in [0.1, 0.15) is 5.82 Å². The lowest BCUT2D eigenvalue weighted by molar-refractivity contribution is -0.119. The Morgan fingerprint density at radius 3 is 2.35 bits per heavy atom. The molecule has 37 heavy (non-hydrogen) atoms. The number of aromatic nitrogens is 2. The Bertz CT molecular complexity index is 1240. The number of carbonyl (C=O) groups excluding carboxylic acids is 1. The molecule has 2 heterocycles. The summed E-state index contributed by atoms with van der Waals surface area (Å²) in [4.78, 5) is 16.2. The van der Waals surface area contributed by atoms with Gasteiger partial charge in [-0.25, -0.2) is 13.8 Å². The topological polar surface area (TPSA) is 87.5 Å². The molecule has 206 valence electrons. The molecule has 2 aromatic rings. The van der Waals surface area contributed by atoms with Gasteiger partial charge in [0.15, 0.2) is 0 Å². The molecule has 1 aliphatic carbocycles. The number of alkyl halides is 2. The number of halogens is 2. The number of amides is 1. The average molecular weight is 540 g/mol. The van der Waals surface area contributed by atoms with Gasteiger partial charge in [0.05, 0.1) is 16.7 Å². The Kier molecular flexibility index (Phi) is 7.60. The highest BCUT2D eigenvalue weighted by atomic mass is 32.2. The van der Waals surface area contributed by atoms with Crippen molar-refractivity contribution in [3.8, 4) is 0 Å². The van der Waals surface area contributed by atoms with Gasteiger partial charge in [-0.2, -0.15) is 12.7 Å². The van der Waals surface area contributed by atoms with E-state index in [1.165, 1.54) is 15.5 Å². The van der Waals surface area contributed by atoms with E-state index in [2.05, 4.69) is 30.7 Å². The minimum atomic E-state index is -3.75. The summed E-state index contributed by atoms with van der Waals surface area (Å²) in [6, 6.07) is 5.45. The lowest BCUT2D eigenvalue weighted by atomic mass is 9.86. The molecule has 2 fully saturated rings. The quantitative estimate of drug-likeness (QED) is 0.588. The molecular formula is C26H39F2N5O3S. The van der Waals surface area contributed by atoms with E-state index in [0.29, 0.717) is 56.5 Å². The molecule has 1 aromatic carbocycles. The number of fused-ring (bicyclic) bond motifs is 1. The van der Waals surface area contributed by atoms with E-state index in [0.717, 1.165) is 11.3 Å². The second kappa shape index (κ2) is 10.1. The largest absolute Gasteiger partial charge is 0.354 e. The summed E-state index contributed by atoms with van der Waals surface area (Å²) in [7, 11) is -2.21. The van der Waals surface area contributed by atoms with Crippen molar-refractivity contribution in [2.45, 2.75) is 90.1 Å². The summed E-state index contributed by atoms with van der Waals surface area (Å²) < 4.78 is 59.0. The van der Waals surface area contributed by atoms with Gasteiger partial charge in [-0.15, -0.1) is 0 Å². The van der Waals surface area contributed by atoms with Crippen LogP contribution in [0, 0.1) is 5.92 Å². The first-order valence-electron chi connectivity index (χ1n) is 13.1. The molecule has 2 aliphatic rings. The molecule has 0 bridgehead atoms. The normalized spacial score (nSPS) is 20.3. The molecule has 0 spiro atoms. The van der Waals surface area contributed by atoms with E-state index < -0.39 is 16.1 Å². The van der Waals surface area contributed by atoms with Gasteiger partial charge in [-0.3, -0.25) is 9.10 Å². The molecule has 1 aliphatic heterocycles. The lowest BCUT2D eigenvalue weighted by Gasteiger charge is -2.34. The van der Waals surface area contributed by atoms with Crippen LogP contribution in [0.5, 0.6) is 0 Å². The van der Waals surface area contributed by atoms with Gasteiger partial charge in [-0.1, -0.05) is 20.8 Å². The Morgan fingerprint density at radius 1 is 1.16 bits per heavy atom. The van der Waals surface area contributed by atoms with Crippen LogP contribution in [0.3, 0.4) is 0 Å². The summed E-state index contributed by atoms with van der Waals surface area (Å²) in [6.45, 7) is 8.97. The van der Waals surface area contributed by atoms with E-state index >= 15 is 0 Å².